The zero-order valence-electron chi connectivity index (χ0n) is 10.4. The second-order valence-corrected chi connectivity index (χ2v) is 6.58. The molecule has 1 aliphatic rings. The summed E-state index contributed by atoms with van der Waals surface area (Å²) in [5.41, 5.74) is 4.58. The minimum atomic E-state index is -3.86. The molecule has 0 amide bonds. The van der Waals surface area contributed by atoms with Gasteiger partial charge >= 0.3 is 0 Å². The first kappa shape index (κ1) is 14.2. The summed E-state index contributed by atoms with van der Waals surface area (Å²) < 4.78 is 40.0. The molecule has 19 heavy (non-hydrogen) atoms. The average molecular weight is 288 g/mol. The van der Waals surface area contributed by atoms with Crippen molar-refractivity contribution in [2.45, 2.75) is 36.1 Å². The molecule has 4 N–H and O–H groups in total. The molecular formula is C12H17FN2O3S. The third-order valence-electron chi connectivity index (χ3n) is 3.48. The van der Waals surface area contributed by atoms with Gasteiger partial charge in [-0.3, -0.25) is 0 Å². The van der Waals surface area contributed by atoms with Crippen molar-refractivity contribution in [2.75, 3.05) is 12.3 Å². The molecule has 0 atom stereocenters. The van der Waals surface area contributed by atoms with Crippen LogP contribution in [-0.4, -0.2) is 25.7 Å². The lowest BCUT2D eigenvalue weighted by atomic mass is 10.0. The van der Waals surface area contributed by atoms with Gasteiger partial charge in [-0.15, -0.1) is 0 Å². The minimum absolute atomic E-state index is 0.140. The number of benzene rings is 1. The number of rotatable bonds is 4. The van der Waals surface area contributed by atoms with Crippen molar-refractivity contribution in [1.29, 1.82) is 0 Å². The van der Waals surface area contributed by atoms with Gasteiger partial charge in [-0.2, -0.15) is 0 Å². The molecule has 0 saturated heterocycles. The van der Waals surface area contributed by atoms with Crippen molar-refractivity contribution in [3.05, 3.63) is 24.0 Å². The third kappa shape index (κ3) is 2.88. The molecule has 0 spiro atoms. The molecule has 0 unspecified atom stereocenters. The molecule has 106 valence electrons. The largest absolute Gasteiger partial charge is 0.398 e. The Morgan fingerprint density at radius 2 is 2.00 bits per heavy atom. The van der Waals surface area contributed by atoms with E-state index < -0.39 is 21.4 Å². The Balaban J connectivity index is 2.32. The summed E-state index contributed by atoms with van der Waals surface area (Å²) in [6, 6.07) is 3.15. The van der Waals surface area contributed by atoms with Crippen molar-refractivity contribution < 1.29 is 17.9 Å². The van der Waals surface area contributed by atoms with Gasteiger partial charge in [0, 0.05) is 0 Å². The van der Waals surface area contributed by atoms with Crippen molar-refractivity contribution in [2.24, 2.45) is 0 Å². The predicted molar refractivity (Wildman–Crippen MR) is 69.4 cm³/mol. The number of anilines is 1. The number of nitrogens with one attached hydrogen (secondary N) is 1. The number of nitrogens with two attached hydrogens (primary N) is 1. The molecule has 2 rings (SSSR count). The Bertz CT molecular complexity index is 568. The molecule has 1 aliphatic carbocycles. The zero-order chi connectivity index (χ0) is 14.1. The van der Waals surface area contributed by atoms with Gasteiger partial charge in [-0.1, -0.05) is 12.8 Å². The summed E-state index contributed by atoms with van der Waals surface area (Å²) in [6.07, 6.45) is 2.90. The van der Waals surface area contributed by atoms with E-state index in [4.69, 9.17) is 5.73 Å². The maximum atomic E-state index is 12.9. The number of aliphatic hydroxyl groups excluding tert-OH is 1. The van der Waals surface area contributed by atoms with Crippen LogP contribution in [0, 0.1) is 5.82 Å². The number of aliphatic hydroxyl groups is 1. The topological polar surface area (TPSA) is 92.4 Å². The van der Waals surface area contributed by atoms with Gasteiger partial charge in [0.25, 0.3) is 0 Å². The fourth-order valence-corrected chi connectivity index (χ4v) is 4.01. The zero-order valence-corrected chi connectivity index (χ0v) is 11.2. The van der Waals surface area contributed by atoms with Crippen LogP contribution >= 0.6 is 0 Å². The van der Waals surface area contributed by atoms with Crippen LogP contribution in [0.2, 0.25) is 0 Å². The number of sulfonamides is 1. The van der Waals surface area contributed by atoms with Crippen molar-refractivity contribution >= 4 is 15.7 Å². The summed E-state index contributed by atoms with van der Waals surface area (Å²) in [4.78, 5) is -0.159. The van der Waals surface area contributed by atoms with Crippen LogP contribution in [0.4, 0.5) is 10.1 Å². The van der Waals surface area contributed by atoms with E-state index in [0.717, 1.165) is 31.0 Å². The van der Waals surface area contributed by atoms with Gasteiger partial charge in [-0.25, -0.2) is 17.5 Å². The Labute approximate surface area is 111 Å². The molecule has 0 bridgehead atoms. The van der Waals surface area contributed by atoms with Gasteiger partial charge in [-0.05, 0) is 31.0 Å². The van der Waals surface area contributed by atoms with Crippen LogP contribution in [0.25, 0.3) is 0 Å². The van der Waals surface area contributed by atoms with Crippen LogP contribution < -0.4 is 10.5 Å². The van der Waals surface area contributed by atoms with Gasteiger partial charge in [0.15, 0.2) is 0 Å². The normalized spacial score (nSPS) is 18.6. The summed E-state index contributed by atoms with van der Waals surface area (Å²) >= 11 is 0. The predicted octanol–water partition coefficient (Wildman–Crippen LogP) is 0.991. The molecule has 1 fully saturated rings. The standard InChI is InChI=1S/C12H17FN2O3S/c13-9-3-4-11(10(14)7-9)19(17,18)15-12(8-16)5-1-2-6-12/h3-4,7,15-16H,1-2,5-6,8,14H2. The molecule has 7 heteroatoms. The number of nitrogen functional groups attached to an aromatic ring is 1. The van der Waals surface area contributed by atoms with E-state index in [1.165, 1.54) is 0 Å². The quantitative estimate of drug-likeness (QED) is 0.720. The van der Waals surface area contributed by atoms with Gasteiger partial charge in [0.05, 0.1) is 17.8 Å². The van der Waals surface area contributed by atoms with E-state index in [-0.39, 0.29) is 17.2 Å². The Hall–Kier alpha value is -1.18. The van der Waals surface area contributed by atoms with E-state index in [1.54, 1.807) is 0 Å². The summed E-state index contributed by atoms with van der Waals surface area (Å²) in [5.74, 6) is -0.589. The Morgan fingerprint density at radius 1 is 1.37 bits per heavy atom. The monoisotopic (exact) mass is 288 g/mol. The van der Waals surface area contributed by atoms with E-state index in [0.29, 0.717) is 12.8 Å². The maximum absolute atomic E-state index is 12.9. The summed E-state index contributed by atoms with van der Waals surface area (Å²) in [7, 11) is -3.86. The Kier molecular flexibility index (Phi) is 3.80. The first-order chi connectivity index (χ1) is 8.88. The van der Waals surface area contributed by atoms with Crippen molar-refractivity contribution in [3.63, 3.8) is 0 Å². The van der Waals surface area contributed by atoms with Gasteiger partial charge in [0.1, 0.15) is 10.7 Å². The lowest BCUT2D eigenvalue weighted by Crippen LogP contribution is -2.49. The third-order valence-corrected chi connectivity index (χ3v) is 5.13. The molecule has 0 heterocycles. The van der Waals surface area contributed by atoms with E-state index in [2.05, 4.69) is 4.72 Å². The highest BCUT2D eigenvalue weighted by atomic mass is 32.2. The van der Waals surface area contributed by atoms with E-state index in [1.807, 2.05) is 0 Å². The first-order valence-electron chi connectivity index (χ1n) is 6.08. The smallest absolute Gasteiger partial charge is 0.243 e. The fourth-order valence-electron chi connectivity index (χ4n) is 2.45. The second-order valence-electron chi connectivity index (χ2n) is 4.93. The number of hydrogen-bond acceptors (Lipinski definition) is 4. The molecule has 1 saturated carbocycles. The molecule has 0 radical (unpaired) electrons. The highest BCUT2D eigenvalue weighted by molar-refractivity contribution is 7.89. The lowest BCUT2D eigenvalue weighted by molar-refractivity contribution is 0.185. The average Bonchev–Trinajstić information content (AvgIpc) is 2.77. The van der Waals surface area contributed by atoms with Gasteiger partial charge < -0.3 is 10.8 Å². The highest BCUT2D eigenvalue weighted by Crippen LogP contribution is 2.31. The summed E-state index contributed by atoms with van der Waals surface area (Å²) in [5, 5.41) is 9.42. The number of halogens is 1. The number of hydrogen-bond donors (Lipinski definition) is 3. The molecule has 0 aliphatic heterocycles. The second kappa shape index (κ2) is 5.07. The minimum Gasteiger partial charge on any atom is -0.398 e. The van der Waals surface area contributed by atoms with Crippen LogP contribution in [0.1, 0.15) is 25.7 Å². The maximum Gasteiger partial charge on any atom is 0.243 e. The molecule has 0 aromatic heterocycles. The van der Waals surface area contributed by atoms with Gasteiger partial charge in [0.2, 0.25) is 10.0 Å². The van der Waals surface area contributed by atoms with Crippen molar-refractivity contribution in [3.8, 4) is 0 Å². The van der Waals surface area contributed by atoms with Crippen LogP contribution in [-0.2, 0) is 10.0 Å². The first-order valence-corrected chi connectivity index (χ1v) is 7.57. The lowest BCUT2D eigenvalue weighted by Gasteiger charge is -2.27. The van der Waals surface area contributed by atoms with E-state index >= 15 is 0 Å². The Morgan fingerprint density at radius 3 is 2.53 bits per heavy atom. The van der Waals surface area contributed by atoms with Crippen molar-refractivity contribution in [1.82, 2.24) is 4.72 Å². The highest BCUT2D eigenvalue weighted by Gasteiger charge is 2.37. The van der Waals surface area contributed by atoms with Crippen LogP contribution in [0.15, 0.2) is 23.1 Å². The molecule has 5 nitrogen and oxygen atoms in total. The van der Waals surface area contributed by atoms with Crippen LogP contribution in [0.5, 0.6) is 0 Å². The molecule has 1 aromatic rings. The van der Waals surface area contributed by atoms with E-state index in [9.17, 15) is 17.9 Å². The summed E-state index contributed by atoms with van der Waals surface area (Å²) in [6.45, 7) is -0.257. The molecular weight excluding hydrogens is 271 g/mol. The molecule has 1 aromatic carbocycles. The SMILES string of the molecule is Nc1cc(F)ccc1S(=O)(=O)NC1(CO)CCCC1. The fraction of sp³-hybridized carbons (Fsp3) is 0.500. The van der Waals surface area contributed by atoms with Crippen LogP contribution in [0.3, 0.4) is 0 Å².